The number of amides is 1. The van der Waals surface area contributed by atoms with Crippen molar-refractivity contribution >= 4 is 5.91 Å². The highest BCUT2D eigenvalue weighted by Gasteiger charge is 2.19. The Morgan fingerprint density at radius 2 is 1.67 bits per heavy atom. The molecule has 0 saturated carbocycles. The number of rotatable bonds is 9. The lowest BCUT2D eigenvalue weighted by molar-refractivity contribution is -0.123. The summed E-state index contributed by atoms with van der Waals surface area (Å²) in [6.45, 7) is 13.0. The Kier molecular flexibility index (Phi) is 8.88. The van der Waals surface area contributed by atoms with E-state index in [-0.39, 0.29) is 11.9 Å². The van der Waals surface area contributed by atoms with Gasteiger partial charge in [-0.3, -0.25) is 9.69 Å². The highest BCUT2D eigenvalue weighted by molar-refractivity contribution is 5.78. The Morgan fingerprint density at radius 1 is 1.05 bits per heavy atom. The average molecular weight is 298 g/mol. The zero-order valence-electron chi connectivity index (χ0n) is 14.1. The molecule has 0 aromatic carbocycles. The molecule has 1 atom stereocenters. The standard InChI is InChI=1S/C16H34N4O/c1-14(2)15(3)18-16(21)13-20-11-9-19(10-12-20)8-6-4-5-7-17/h14-15H,4-13,17H2,1-3H3,(H,18,21). The lowest BCUT2D eigenvalue weighted by atomic mass is 10.1. The van der Waals surface area contributed by atoms with E-state index in [1.165, 1.54) is 19.4 Å². The van der Waals surface area contributed by atoms with Crippen molar-refractivity contribution in [1.29, 1.82) is 0 Å². The fraction of sp³-hybridized carbons (Fsp3) is 0.938. The molecule has 5 nitrogen and oxygen atoms in total. The summed E-state index contributed by atoms with van der Waals surface area (Å²) >= 11 is 0. The van der Waals surface area contributed by atoms with Crippen LogP contribution in [0.25, 0.3) is 0 Å². The van der Waals surface area contributed by atoms with E-state index in [0.717, 1.165) is 39.1 Å². The van der Waals surface area contributed by atoms with Crippen molar-refractivity contribution in [3.05, 3.63) is 0 Å². The normalized spacial score (nSPS) is 18.9. The average Bonchev–Trinajstić information content (AvgIpc) is 2.45. The molecule has 0 aliphatic carbocycles. The highest BCUT2D eigenvalue weighted by Crippen LogP contribution is 2.05. The topological polar surface area (TPSA) is 61.6 Å². The van der Waals surface area contributed by atoms with E-state index >= 15 is 0 Å². The van der Waals surface area contributed by atoms with Crippen LogP contribution in [0.5, 0.6) is 0 Å². The number of hydrogen-bond acceptors (Lipinski definition) is 4. The Balaban J connectivity index is 2.14. The molecule has 3 N–H and O–H groups in total. The molecule has 1 rings (SSSR count). The Morgan fingerprint density at radius 3 is 2.24 bits per heavy atom. The van der Waals surface area contributed by atoms with Crippen LogP contribution in [0.1, 0.15) is 40.0 Å². The third-order valence-corrected chi connectivity index (χ3v) is 4.40. The molecule has 0 bridgehead atoms. The summed E-state index contributed by atoms with van der Waals surface area (Å²) < 4.78 is 0. The summed E-state index contributed by atoms with van der Waals surface area (Å²) in [5.74, 6) is 0.645. The van der Waals surface area contributed by atoms with E-state index in [0.29, 0.717) is 12.5 Å². The van der Waals surface area contributed by atoms with E-state index in [4.69, 9.17) is 5.73 Å². The molecule has 1 saturated heterocycles. The molecule has 1 aliphatic rings. The van der Waals surface area contributed by atoms with Gasteiger partial charge in [-0.1, -0.05) is 20.3 Å². The molecular weight excluding hydrogens is 264 g/mol. The number of hydrogen-bond donors (Lipinski definition) is 2. The van der Waals surface area contributed by atoms with Crippen LogP contribution < -0.4 is 11.1 Å². The molecule has 5 heteroatoms. The zero-order chi connectivity index (χ0) is 15.7. The molecule has 0 radical (unpaired) electrons. The quantitative estimate of drug-likeness (QED) is 0.621. The molecule has 1 fully saturated rings. The summed E-state index contributed by atoms with van der Waals surface area (Å²) in [5, 5.41) is 3.08. The maximum absolute atomic E-state index is 12.0. The van der Waals surface area contributed by atoms with Crippen LogP contribution in [-0.4, -0.2) is 67.6 Å². The number of nitrogens with zero attached hydrogens (tertiary/aromatic N) is 2. The van der Waals surface area contributed by atoms with Gasteiger partial charge < -0.3 is 16.0 Å². The lowest BCUT2D eigenvalue weighted by Gasteiger charge is -2.34. The summed E-state index contributed by atoms with van der Waals surface area (Å²) in [4.78, 5) is 16.7. The van der Waals surface area contributed by atoms with Gasteiger partial charge in [-0.15, -0.1) is 0 Å². The summed E-state index contributed by atoms with van der Waals surface area (Å²) in [7, 11) is 0. The second-order valence-electron chi connectivity index (χ2n) is 6.57. The number of piperazine rings is 1. The van der Waals surface area contributed by atoms with Crippen LogP contribution in [-0.2, 0) is 4.79 Å². The predicted molar refractivity (Wildman–Crippen MR) is 88.2 cm³/mol. The van der Waals surface area contributed by atoms with E-state index < -0.39 is 0 Å². The van der Waals surface area contributed by atoms with Gasteiger partial charge in [0.25, 0.3) is 0 Å². The van der Waals surface area contributed by atoms with Gasteiger partial charge in [0.1, 0.15) is 0 Å². The molecule has 1 aliphatic heterocycles. The third-order valence-electron chi connectivity index (χ3n) is 4.40. The maximum Gasteiger partial charge on any atom is 0.234 e. The first-order valence-corrected chi connectivity index (χ1v) is 8.47. The fourth-order valence-corrected chi connectivity index (χ4v) is 2.50. The largest absolute Gasteiger partial charge is 0.352 e. The van der Waals surface area contributed by atoms with E-state index in [9.17, 15) is 4.79 Å². The molecule has 124 valence electrons. The smallest absolute Gasteiger partial charge is 0.234 e. The van der Waals surface area contributed by atoms with Gasteiger partial charge in [-0.25, -0.2) is 0 Å². The van der Waals surface area contributed by atoms with E-state index in [1.54, 1.807) is 0 Å². The van der Waals surface area contributed by atoms with Crippen molar-refractivity contribution in [2.45, 2.75) is 46.1 Å². The Labute approximate surface area is 130 Å². The SMILES string of the molecule is CC(C)C(C)NC(=O)CN1CCN(CCCCCN)CC1. The number of carbonyl (C=O) groups is 1. The highest BCUT2D eigenvalue weighted by atomic mass is 16.2. The van der Waals surface area contributed by atoms with Crippen LogP contribution in [0.3, 0.4) is 0 Å². The van der Waals surface area contributed by atoms with Gasteiger partial charge in [0.2, 0.25) is 5.91 Å². The minimum Gasteiger partial charge on any atom is -0.352 e. The predicted octanol–water partition coefficient (Wildman–Crippen LogP) is 0.894. The fourth-order valence-electron chi connectivity index (χ4n) is 2.50. The third kappa shape index (κ3) is 7.79. The van der Waals surface area contributed by atoms with Crippen molar-refractivity contribution < 1.29 is 4.79 Å². The molecule has 1 unspecified atom stereocenters. The Hall–Kier alpha value is -0.650. The summed E-state index contributed by atoms with van der Waals surface area (Å²) in [6, 6.07) is 0.251. The van der Waals surface area contributed by atoms with Crippen LogP contribution in [0.4, 0.5) is 0 Å². The zero-order valence-corrected chi connectivity index (χ0v) is 14.1. The molecule has 1 amide bonds. The minimum absolute atomic E-state index is 0.160. The van der Waals surface area contributed by atoms with Crippen LogP contribution in [0, 0.1) is 5.92 Å². The van der Waals surface area contributed by atoms with Gasteiger partial charge >= 0.3 is 0 Å². The van der Waals surface area contributed by atoms with Crippen LogP contribution in [0.2, 0.25) is 0 Å². The van der Waals surface area contributed by atoms with Crippen molar-refractivity contribution in [1.82, 2.24) is 15.1 Å². The molecule has 0 aromatic rings. The van der Waals surface area contributed by atoms with Crippen LogP contribution in [0.15, 0.2) is 0 Å². The van der Waals surface area contributed by atoms with Crippen molar-refractivity contribution in [3.8, 4) is 0 Å². The summed E-state index contributed by atoms with van der Waals surface area (Å²) in [6.07, 6.45) is 3.60. The Bertz CT molecular complexity index is 288. The van der Waals surface area contributed by atoms with Gasteiger partial charge in [-0.2, -0.15) is 0 Å². The second-order valence-corrected chi connectivity index (χ2v) is 6.57. The first-order valence-electron chi connectivity index (χ1n) is 8.47. The number of unbranched alkanes of at least 4 members (excludes halogenated alkanes) is 2. The van der Waals surface area contributed by atoms with Crippen molar-refractivity contribution in [2.24, 2.45) is 11.7 Å². The minimum atomic E-state index is 0.160. The molecule has 0 aromatic heterocycles. The molecule has 0 spiro atoms. The monoisotopic (exact) mass is 298 g/mol. The maximum atomic E-state index is 12.0. The number of nitrogens with one attached hydrogen (secondary N) is 1. The van der Waals surface area contributed by atoms with Crippen molar-refractivity contribution in [2.75, 3.05) is 45.8 Å². The molecular formula is C16H34N4O. The first kappa shape index (κ1) is 18.4. The molecule has 1 heterocycles. The van der Waals surface area contributed by atoms with Gasteiger partial charge in [0.15, 0.2) is 0 Å². The van der Waals surface area contributed by atoms with Crippen molar-refractivity contribution in [3.63, 3.8) is 0 Å². The lowest BCUT2D eigenvalue weighted by Crippen LogP contribution is -2.50. The van der Waals surface area contributed by atoms with E-state index in [2.05, 4.69) is 35.9 Å². The summed E-state index contributed by atoms with van der Waals surface area (Å²) in [5.41, 5.74) is 5.51. The second kappa shape index (κ2) is 10.1. The number of carbonyl (C=O) groups excluding carboxylic acids is 1. The first-order chi connectivity index (χ1) is 10.0. The van der Waals surface area contributed by atoms with E-state index in [1.807, 2.05) is 0 Å². The number of nitrogens with two attached hydrogens (primary N) is 1. The van der Waals surface area contributed by atoms with Gasteiger partial charge in [0.05, 0.1) is 6.54 Å². The van der Waals surface area contributed by atoms with Gasteiger partial charge in [0, 0.05) is 32.2 Å². The van der Waals surface area contributed by atoms with Crippen LogP contribution >= 0.6 is 0 Å². The molecule has 21 heavy (non-hydrogen) atoms. The van der Waals surface area contributed by atoms with Gasteiger partial charge in [-0.05, 0) is 38.8 Å².